The van der Waals surface area contributed by atoms with Gasteiger partial charge in [-0.25, -0.2) is 9.97 Å². The molecule has 1 aromatic carbocycles. The summed E-state index contributed by atoms with van der Waals surface area (Å²) in [6.45, 7) is 1.94. The second-order valence-electron chi connectivity index (χ2n) is 4.33. The Labute approximate surface area is 134 Å². The number of halogens is 2. The Morgan fingerprint density at radius 2 is 2.00 bits per heavy atom. The third kappa shape index (κ3) is 3.00. The lowest BCUT2D eigenvalue weighted by Gasteiger charge is -2.06. The average molecular weight is 338 g/mol. The molecule has 1 N–H and O–H groups in total. The zero-order chi connectivity index (χ0) is 15.0. The van der Waals surface area contributed by atoms with Crippen molar-refractivity contribution in [3.05, 3.63) is 51.2 Å². The molecule has 0 saturated carbocycles. The predicted octanol–water partition coefficient (Wildman–Crippen LogP) is 4.56. The highest BCUT2D eigenvalue weighted by molar-refractivity contribution is 7.18. The first kappa shape index (κ1) is 14.3. The first-order chi connectivity index (χ1) is 10.0. The van der Waals surface area contributed by atoms with Crippen LogP contribution >= 0.6 is 34.5 Å². The first-order valence-corrected chi connectivity index (χ1v) is 7.61. The first-order valence-electron chi connectivity index (χ1n) is 6.03. The molecule has 0 bridgehead atoms. The van der Waals surface area contributed by atoms with E-state index in [2.05, 4.69) is 15.3 Å². The van der Waals surface area contributed by atoms with E-state index in [1.54, 1.807) is 23.5 Å². The Bertz CT molecular complexity index is 847. The summed E-state index contributed by atoms with van der Waals surface area (Å²) in [6.07, 6.45) is 0. The third-order valence-corrected chi connectivity index (χ3v) is 4.23. The molecule has 4 nitrogen and oxygen atoms in total. The van der Waals surface area contributed by atoms with Crippen molar-refractivity contribution in [3.8, 4) is 0 Å². The number of hydrogen-bond acceptors (Lipinski definition) is 4. The molecule has 0 radical (unpaired) electrons. The molecule has 0 spiro atoms. The van der Waals surface area contributed by atoms with Crippen LogP contribution in [0.1, 0.15) is 15.5 Å². The third-order valence-electron chi connectivity index (χ3n) is 2.78. The summed E-state index contributed by atoms with van der Waals surface area (Å²) in [7, 11) is 0. The van der Waals surface area contributed by atoms with Crippen LogP contribution in [0.25, 0.3) is 10.2 Å². The SMILES string of the molecule is Cc1nc2ccc(NC(=O)c3nc(Cl)ccc3Cl)cc2s1. The van der Waals surface area contributed by atoms with Gasteiger partial charge >= 0.3 is 0 Å². The molecular formula is C14H9Cl2N3OS. The van der Waals surface area contributed by atoms with Gasteiger partial charge < -0.3 is 5.32 Å². The molecule has 3 aromatic rings. The highest BCUT2D eigenvalue weighted by atomic mass is 35.5. The number of anilines is 1. The summed E-state index contributed by atoms with van der Waals surface area (Å²) in [5, 5.41) is 4.22. The molecule has 2 heterocycles. The normalized spacial score (nSPS) is 10.8. The van der Waals surface area contributed by atoms with E-state index in [0.717, 1.165) is 15.2 Å². The second-order valence-corrected chi connectivity index (χ2v) is 6.36. The van der Waals surface area contributed by atoms with Gasteiger partial charge in [0.2, 0.25) is 0 Å². The van der Waals surface area contributed by atoms with Gasteiger partial charge in [-0.3, -0.25) is 4.79 Å². The molecule has 0 aliphatic carbocycles. The Hall–Kier alpha value is -1.69. The van der Waals surface area contributed by atoms with Crippen LogP contribution in [0.3, 0.4) is 0 Å². The van der Waals surface area contributed by atoms with E-state index in [1.165, 1.54) is 6.07 Å². The number of carbonyl (C=O) groups excluding carboxylic acids is 1. The number of amides is 1. The maximum atomic E-state index is 12.2. The van der Waals surface area contributed by atoms with Crippen LogP contribution in [-0.2, 0) is 0 Å². The van der Waals surface area contributed by atoms with Gasteiger partial charge in [0, 0.05) is 5.69 Å². The number of aryl methyl sites for hydroxylation is 1. The monoisotopic (exact) mass is 337 g/mol. The summed E-state index contributed by atoms with van der Waals surface area (Å²) in [6, 6.07) is 8.60. The number of nitrogens with zero attached hydrogens (tertiary/aromatic N) is 2. The van der Waals surface area contributed by atoms with E-state index in [0.29, 0.717) is 5.69 Å². The van der Waals surface area contributed by atoms with Crippen molar-refractivity contribution in [2.24, 2.45) is 0 Å². The van der Waals surface area contributed by atoms with Gasteiger partial charge in [0.1, 0.15) is 10.8 Å². The van der Waals surface area contributed by atoms with Crippen molar-refractivity contribution >= 4 is 56.3 Å². The minimum atomic E-state index is -0.400. The van der Waals surface area contributed by atoms with Crippen LogP contribution in [0.5, 0.6) is 0 Å². The van der Waals surface area contributed by atoms with Gasteiger partial charge in [-0.1, -0.05) is 23.2 Å². The highest BCUT2D eigenvalue weighted by Crippen LogP contribution is 2.25. The number of fused-ring (bicyclic) bond motifs is 1. The standard InChI is InChI=1S/C14H9Cl2N3OS/c1-7-17-10-4-2-8(6-11(10)21-7)18-14(20)13-9(15)3-5-12(16)19-13/h2-6H,1H3,(H,18,20). The fourth-order valence-corrected chi connectivity index (χ4v) is 3.09. The maximum absolute atomic E-state index is 12.2. The van der Waals surface area contributed by atoms with E-state index in [9.17, 15) is 4.79 Å². The fraction of sp³-hybridized carbons (Fsp3) is 0.0714. The minimum Gasteiger partial charge on any atom is -0.321 e. The van der Waals surface area contributed by atoms with E-state index >= 15 is 0 Å². The van der Waals surface area contributed by atoms with E-state index in [1.807, 2.05) is 19.1 Å². The maximum Gasteiger partial charge on any atom is 0.275 e. The Morgan fingerprint density at radius 1 is 1.19 bits per heavy atom. The van der Waals surface area contributed by atoms with Crippen molar-refractivity contribution in [2.75, 3.05) is 5.32 Å². The number of nitrogens with one attached hydrogen (secondary N) is 1. The average Bonchev–Trinajstić information content (AvgIpc) is 2.80. The summed E-state index contributed by atoms with van der Waals surface area (Å²) in [4.78, 5) is 20.5. The Balaban J connectivity index is 1.90. The highest BCUT2D eigenvalue weighted by Gasteiger charge is 2.13. The quantitative estimate of drug-likeness (QED) is 0.697. The summed E-state index contributed by atoms with van der Waals surface area (Å²) in [5.41, 5.74) is 1.67. The van der Waals surface area contributed by atoms with Gasteiger partial charge in [0.15, 0.2) is 0 Å². The smallest absolute Gasteiger partial charge is 0.275 e. The number of rotatable bonds is 2. The molecule has 0 aliphatic heterocycles. The second kappa shape index (κ2) is 5.60. The number of hydrogen-bond donors (Lipinski definition) is 1. The number of carbonyl (C=O) groups is 1. The molecule has 0 unspecified atom stereocenters. The lowest BCUT2D eigenvalue weighted by molar-refractivity contribution is 0.102. The number of aromatic nitrogens is 2. The van der Waals surface area contributed by atoms with E-state index in [4.69, 9.17) is 23.2 Å². The molecule has 21 heavy (non-hydrogen) atoms. The summed E-state index contributed by atoms with van der Waals surface area (Å²) < 4.78 is 1.01. The van der Waals surface area contributed by atoms with E-state index in [-0.39, 0.29) is 15.9 Å². The van der Waals surface area contributed by atoms with Crippen molar-refractivity contribution in [3.63, 3.8) is 0 Å². The summed E-state index contributed by atoms with van der Waals surface area (Å²) in [5.74, 6) is -0.400. The van der Waals surface area contributed by atoms with Gasteiger partial charge in [-0.2, -0.15) is 0 Å². The van der Waals surface area contributed by atoms with E-state index < -0.39 is 5.91 Å². The molecule has 3 rings (SSSR count). The molecule has 0 atom stereocenters. The van der Waals surface area contributed by atoms with Crippen LogP contribution in [-0.4, -0.2) is 15.9 Å². The number of thiazole rings is 1. The van der Waals surface area contributed by atoms with Crippen LogP contribution in [0.2, 0.25) is 10.2 Å². The minimum absolute atomic E-state index is 0.102. The lowest BCUT2D eigenvalue weighted by Crippen LogP contribution is -2.14. The number of benzene rings is 1. The van der Waals surface area contributed by atoms with Crippen LogP contribution in [0.4, 0.5) is 5.69 Å². The van der Waals surface area contributed by atoms with Gasteiger partial charge in [0.05, 0.1) is 20.2 Å². The number of pyridine rings is 1. The van der Waals surface area contributed by atoms with Crippen molar-refractivity contribution in [2.45, 2.75) is 6.92 Å². The zero-order valence-corrected chi connectivity index (χ0v) is 13.2. The van der Waals surface area contributed by atoms with Gasteiger partial charge in [-0.05, 0) is 37.3 Å². The molecule has 1 amide bonds. The molecule has 0 aliphatic rings. The van der Waals surface area contributed by atoms with Crippen LogP contribution in [0.15, 0.2) is 30.3 Å². The van der Waals surface area contributed by atoms with Crippen LogP contribution < -0.4 is 5.32 Å². The molecule has 106 valence electrons. The molecule has 0 fully saturated rings. The lowest BCUT2D eigenvalue weighted by atomic mass is 10.2. The Morgan fingerprint density at radius 3 is 2.81 bits per heavy atom. The summed E-state index contributed by atoms with van der Waals surface area (Å²) >= 11 is 13.3. The van der Waals surface area contributed by atoms with Gasteiger partial charge in [-0.15, -0.1) is 11.3 Å². The topological polar surface area (TPSA) is 54.9 Å². The largest absolute Gasteiger partial charge is 0.321 e. The van der Waals surface area contributed by atoms with Crippen molar-refractivity contribution in [1.82, 2.24) is 9.97 Å². The predicted molar refractivity (Wildman–Crippen MR) is 86.6 cm³/mol. The fourth-order valence-electron chi connectivity index (χ4n) is 1.89. The molecule has 2 aromatic heterocycles. The molecule has 0 saturated heterocycles. The molecule has 7 heteroatoms. The Kier molecular flexibility index (Phi) is 3.80. The van der Waals surface area contributed by atoms with Crippen LogP contribution in [0, 0.1) is 6.92 Å². The van der Waals surface area contributed by atoms with Crippen molar-refractivity contribution in [1.29, 1.82) is 0 Å². The zero-order valence-electron chi connectivity index (χ0n) is 10.9. The van der Waals surface area contributed by atoms with Gasteiger partial charge in [0.25, 0.3) is 5.91 Å². The van der Waals surface area contributed by atoms with Crippen molar-refractivity contribution < 1.29 is 4.79 Å². The molecular weight excluding hydrogens is 329 g/mol.